The maximum absolute atomic E-state index is 5.85. The van der Waals surface area contributed by atoms with Crippen molar-refractivity contribution in [2.24, 2.45) is 4.99 Å². The summed E-state index contributed by atoms with van der Waals surface area (Å²) in [6.07, 6.45) is 0. The molecule has 2 rings (SSSR count). The van der Waals surface area contributed by atoms with Gasteiger partial charge in [-0.15, -0.1) is 0 Å². The summed E-state index contributed by atoms with van der Waals surface area (Å²) in [5.74, 6) is 0. The summed E-state index contributed by atoms with van der Waals surface area (Å²) >= 11 is 7.42. The van der Waals surface area contributed by atoms with Crippen molar-refractivity contribution in [1.82, 2.24) is 0 Å². The third kappa shape index (κ3) is 2.30. The number of anilines is 1. The Labute approximate surface area is 92.1 Å². The van der Waals surface area contributed by atoms with Crippen LogP contribution in [0.15, 0.2) is 40.7 Å². The highest BCUT2D eigenvalue weighted by atomic mass is 35.5. The van der Waals surface area contributed by atoms with E-state index in [1.54, 1.807) is 11.8 Å². The number of amidine groups is 1. The molecule has 0 saturated heterocycles. The van der Waals surface area contributed by atoms with Crippen LogP contribution < -0.4 is 5.32 Å². The van der Waals surface area contributed by atoms with Crippen molar-refractivity contribution in [3.05, 3.63) is 40.8 Å². The monoisotopic (exact) mass is 224 g/mol. The van der Waals surface area contributed by atoms with Crippen LogP contribution in [0.25, 0.3) is 0 Å². The highest BCUT2D eigenvalue weighted by molar-refractivity contribution is 8.17. The molecule has 4 heteroatoms. The van der Waals surface area contributed by atoms with Crippen LogP contribution in [-0.4, -0.2) is 11.7 Å². The van der Waals surface area contributed by atoms with Gasteiger partial charge in [-0.3, -0.25) is 4.99 Å². The van der Waals surface area contributed by atoms with Gasteiger partial charge in [-0.25, -0.2) is 0 Å². The lowest BCUT2D eigenvalue weighted by Crippen LogP contribution is -2.04. The third-order valence-corrected chi connectivity index (χ3v) is 2.79. The largest absolute Gasteiger partial charge is 0.335 e. The number of nitrogens with one attached hydrogen (secondary N) is 1. The second-order valence-corrected chi connectivity index (χ2v) is 4.50. The van der Waals surface area contributed by atoms with E-state index in [1.807, 2.05) is 24.3 Å². The summed E-state index contributed by atoms with van der Waals surface area (Å²) in [6.45, 7) is 4.55. The quantitative estimate of drug-likeness (QED) is 0.791. The smallest absolute Gasteiger partial charge is 0.166 e. The molecular weight excluding hydrogens is 216 g/mol. The molecule has 0 unspecified atom stereocenters. The molecule has 0 radical (unpaired) electrons. The molecule has 0 atom stereocenters. The van der Waals surface area contributed by atoms with E-state index in [2.05, 4.69) is 16.9 Å². The summed E-state index contributed by atoms with van der Waals surface area (Å²) in [5.41, 5.74) is 0.957. The summed E-state index contributed by atoms with van der Waals surface area (Å²) in [5, 5.41) is 4.79. The predicted octanol–water partition coefficient (Wildman–Crippen LogP) is 3.37. The Morgan fingerprint density at radius 2 is 2.36 bits per heavy atom. The van der Waals surface area contributed by atoms with Crippen LogP contribution in [0.5, 0.6) is 0 Å². The van der Waals surface area contributed by atoms with Crippen molar-refractivity contribution in [3.8, 4) is 0 Å². The molecule has 0 fully saturated rings. The SMILES string of the molecule is C=C1CN=C(Nc2cccc(Cl)c2)S1. The molecule has 14 heavy (non-hydrogen) atoms. The molecule has 1 aromatic rings. The summed E-state index contributed by atoms with van der Waals surface area (Å²) in [7, 11) is 0. The zero-order chi connectivity index (χ0) is 9.97. The minimum absolute atomic E-state index is 0.702. The molecule has 0 aromatic heterocycles. The first-order chi connectivity index (χ1) is 6.74. The van der Waals surface area contributed by atoms with Gasteiger partial charge in [0.05, 0.1) is 6.54 Å². The highest BCUT2D eigenvalue weighted by Gasteiger charge is 2.10. The van der Waals surface area contributed by atoms with Crippen LogP contribution in [0.1, 0.15) is 0 Å². The standard InChI is InChI=1S/C10H9ClN2S/c1-7-6-12-10(14-7)13-9-4-2-3-8(11)5-9/h2-5H,1,6H2,(H,12,13). The molecule has 1 N–H and O–H groups in total. The number of thioether (sulfide) groups is 1. The molecule has 1 heterocycles. The minimum atomic E-state index is 0.702. The average molecular weight is 225 g/mol. The Hall–Kier alpha value is -0.930. The maximum atomic E-state index is 5.85. The van der Waals surface area contributed by atoms with E-state index in [1.165, 1.54) is 0 Å². The number of rotatable bonds is 1. The zero-order valence-electron chi connectivity index (χ0n) is 7.46. The topological polar surface area (TPSA) is 24.4 Å². The lowest BCUT2D eigenvalue weighted by Gasteiger charge is -2.04. The average Bonchev–Trinajstić information content (AvgIpc) is 2.51. The van der Waals surface area contributed by atoms with E-state index < -0.39 is 0 Å². The van der Waals surface area contributed by atoms with Gasteiger partial charge in [0.2, 0.25) is 0 Å². The molecule has 1 aliphatic rings. The van der Waals surface area contributed by atoms with E-state index in [0.717, 1.165) is 20.8 Å². The van der Waals surface area contributed by atoms with Crippen molar-refractivity contribution in [1.29, 1.82) is 0 Å². The van der Waals surface area contributed by atoms with Crippen LogP contribution in [0.3, 0.4) is 0 Å². The van der Waals surface area contributed by atoms with Crippen LogP contribution >= 0.6 is 23.4 Å². The van der Waals surface area contributed by atoms with Crippen molar-refractivity contribution >= 4 is 34.2 Å². The van der Waals surface area contributed by atoms with E-state index in [-0.39, 0.29) is 0 Å². The number of benzene rings is 1. The second kappa shape index (κ2) is 4.07. The highest BCUT2D eigenvalue weighted by Crippen LogP contribution is 2.24. The van der Waals surface area contributed by atoms with Gasteiger partial charge in [-0.2, -0.15) is 0 Å². The maximum Gasteiger partial charge on any atom is 0.166 e. The van der Waals surface area contributed by atoms with Gasteiger partial charge in [0.1, 0.15) is 0 Å². The fraction of sp³-hybridized carbons (Fsp3) is 0.100. The van der Waals surface area contributed by atoms with Gasteiger partial charge in [-0.1, -0.05) is 36.0 Å². The summed E-state index contributed by atoms with van der Waals surface area (Å²) in [6, 6.07) is 7.57. The molecule has 72 valence electrons. The van der Waals surface area contributed by atoms with Gasteiger partial charge in [-0.05, 0) is 18.2 Å². The fourth-order valence-corrected chi connectivity index (χ4v) is 2.01. The van der Waals surface area contributed by atoms with Crippen LogP contribution in [-0.2, 0) is 0 Å². The Morgan fingerprint density at radius 3 is 3.00 bits per heavy atom. The molecule has 0 bridgehead atoms. The van der Waals surface area contributed by atoms with Crippen LogP contribution in [0.4, 0.5) is 5.69 Å². The van der Waals surface area contributed by atoms with Gasteiger partial charge in [0.25, 0.3) is 0 Å². The van der Waals surface area contributed by atoms with E-state index in [0.29, 0.717) is 6.54 Å². The third-order valence-electron chi connectivity index (χ3n) is 1.72. The van der Waals surface area contributed by atoms with E-state index >= 15 is 0 Å². The molecule has 0 spiro atoms. The Balaban J connectivity index is 2.08. The summed E-state index contributed by atoms with van der Waals surface area (Å²) in [4.78, 5) is 5.33. The normalized spacial score (nSPS) is 15.5. The Bertz CT molecular complexity index is 401. The second-order valence-electron chi connectivity index (χ2n) is 2.90. The Kier molecular flexibility index (Phi) is 2.79. The van der Waals surface area contributed by atoms with E-state index in [9.17, 15) is 0 Å². The Morgan fingerprint density at radius 1 is 1.50 bits per heavy atom. The van der Waals surface area contributed by atoms with Gasteiger partial charge < -0.3 is 5.32 Å². The number of aliphatic imine (C=N–C) groups is 1. The fourth-order valence-electron chi connectivity index (χ4n) is 1.12. The van der Waals surface area contributed by atoms with Crippen molar-refractivity contribution in [2.75, 3.05) is 11.9 Å². The van der Waals surface area contributed by atoms with E-state index in [4.69, 9.17) is 11.6 Å². The summed E-state index contributed by atoms with van der Waals surface area (Å²) < 4.78 is 0. The molecule has 0 saturated carbocycles. The van der Waals surface area contributed by atoms with Gasteiger partial charge in [0, 0.05) is 15.6 Å². The number of nitrogens with zero attached hydrogens (tertiary/aromatic N) is 1. The van der Waals surface area contributed by atoms with Crippen molar-refractivity contribution in [3.63, 3.8) is 0 Å². The van der Waals surface area contributed by atoms with Gasteiger partial charge in [0.15, 0.2) is 5.17 Å². The van der Waals surface area contributed by atoms with Gasteiger partial charge >= 0.3 is 0 Å². The van der Waals surface area contributed by atoms with Crippen LogP contribution in [0, 0.1) is 0 Å². The van der Waals surface area contributed by atoms with Crippen molar-refractivity contribution < 1.29 is 0 Å². The molecular formula is C10H9ClN2S. The number of halogens is 1. The first-order valence-corrected chi connectivity index (χ1v) is 5.36. The lowest BCUT2D eigenvalue weighted by atomic mass is 10.3. The van der Waals surface area contributed by atoms with Crippen LogP contribution in [0.2, 0.25) is 5.02 Å². The minimum Gasteiger partial charge on any atom is -0.335 e. The predicted molar refractivity (Wildman–Crippen MR) is 64.1 cm³/mol. The molecule has 2 nitrogen and oxygen atoms in total. The zero-order valence-corrected chi connectivity index (χ0v) is 9.03. The van der Waals surface area contributed by atoms with Crippen molar-refractivity contribution in [2.45, 2.75) is 0 Å². The number of hydrogen-bond donors (Lipinski definition) is 1. The lowest BCUT2D eigenvalue weighted by molar-refractivity contribution is 1.26. The molecule has 0 amide bonds. The molecule has 0 aliphatic carbocycles. The molecule has 1 aliphatic heterocycles. The first-order valence-electron chi connectivity index (χ1n) is 4.17. The number of hydrogen-bond acceptors (Lipinski definition) is 3. The molecule has 1 aromatic carbocycles. The first kappa shape index (κ1) is 9.62.